The van der Waals surface area contributed by atoms with E-state index in [1.54, 1.807) is 12.1 Å². The number of imide groups is 1. The zero-order valence-corrected chi connectivity index (χ0v) is 13.0. The SMILES string of the molecule is O=C(OCC(=O)N1CCOC1=O)c1csc(-c2ccc(F)cc2)n1. The monoisotopic (exact) mass is 350 g/mol. The predicted molar refractivity (Wildman–Crippen MR) is 80.9 cm³/mol. The van der Waals surface area contributed by atoms with Crippen LogP contribution in [0.5, 0.6) is 0 Å². The minimum atomic E-state index is -0.777. The van der Waals surface area contributed by atoms with Crippen molar-refractivity contribution in [2.45, 2.75) is 0 Å². The molecule has 9 heteroatoms. The molecule has 1 saturated heterocycles. The number of rotatable bonds is 4. The van der Waals surface area contributed by atoms with Crippen LogP contribution in [0.15, 0.2) is 29.6 Å². The molecular weight excluding hydrogens is 339 g/mol. The number of benzene rings is 1. The number of carbonyl (C=O) groups is 3. The van der Waals surface area contributed by atoms with E-state index in [9.17, 15) is 18.8 Å². The number of aromatic nitrogens is 1. The first kappa shape index (κ1) is 16.1. The van der Waals surface area contributed by atoms with Crippen LogP contribution in [-0.2, 0) is 14.3 Å². The number of thiazole rings is 1. The van der Waals surface area contributed by atoms with Gasteiger partial charge in [0.15, 0.2) is 12.3 Å². The fourth-order valence-electron chi connectivity index (χ4n) is 1.99. The summed E-state index contributed by atoms with van der Waals surface area (Å²) in [6.45, 7) is -0.302. The molecule has 0 N–H and O–H groups in total. The zero-order chi connectivity index (χ0) is 17.1. The van der Waals surface area contributed by atoms with Gasteiger partial charge in [-0.15, -0.1) is 11.3 Å². The van der Waals surface area contributed by atoms with Gasteiger partial charge in [-0.25, -0.2) is 23.9 Å². The molecule has 0 atom stereocenters. The van der Waals surface area contributed by atoms with Gasteiger partial charge in [0.05, 0.1) is 6.54 Å². The molecule has 2 aromatic rings. The second-order valence-electron chi connectivity index (χ2n) is 4.78. The first-order valence-electron chi connectivity index (χ1n) is 6.90. The Hall–Kier alpha value is -2.81. The highest BCUT2D eigenvalue weighted by Gasteiger charge is 2.29. The van der Waals surface area contributed by atoms with Crippen molar-refractivity contribution in [1.82, 2.24) is 9.88 Å². The molecule has 0 spiro atoms. The summed E-state index contributed by atoms with van der Waals surface area (Å²) in [5, 5.41) is 2.01. The van der Waals surface area contributed by atoms with Crippen molar-refractivity contribution >= 4 is 29.3 Å². The van der Waals surface area contributed by atoms with Crippen molar-refractivity contribution in [3.8, 4) is 10.6 Å². The molecule has 0 bridgehead atoms. The lowest BCUT2D eigenvalue weighted by Gasteiger charge is -2.10. The summed E-state index contributed by atoms with van der Waals surface area (Å²) in [7, 11) is 0. The summed E-state index contributed by atoms with van der Waals surface area (Å²) < 4.78 is 22.4. The first-order valence-corrected chi connectivity index (χ1v) is 7.78. The quantitative estimate of drug-likeness (QED) is 0.785. The van der Waals surface area contributed by atoms with E-state index in [1.807, 2.05) is 0 Å². The maximum Gasteiger partial charge on any atom is 0.416 e. The summed E-state index contributed by atoms with van der Waals surface area (Å²) in [4.78, 5) is 39.9. The number of carbonyl (C=O) groups excluding carboxylic acids is 3. The fourth-order valence-corrected chi connectivity index (χ4v) is 2.79. The Kier molecular flexibility index (Phi) is 4.52. The van der Waals surface area contributed by atoms with Crippen molar-refractivity contribution in [2.75, 3.05) is 19.8 Å². The van der Waals surface area contributed by atoms with Crippen molar-refractivity contribution in [1.29, 1.82) is 0 Å². The zero-order valence-electron chi connectivity index (χ0n) is 12.2. The molecule has 0 aliphatic carbocycles. The molecule has 0 unspecified atom stereocenters. The number of hydrogen-bond acceptors (Lipinski definition) is 7. The van der Waals surface area contributed by atoms with Gasteiger partial charge in [-0.05, 0) is 24.3 Å². The summed E-state index contributed by atoms with van der Waals surface area (Å²) in [6.07, 6.45) is -0.747. The van der Waals surface area contributed by atoms with Crippen LogP contribution in [0.3, 0.4) is 0 Å². The van der Waals surface area contributed by atoms with Crippen molar-refractivity contribution < 1.29 is 28.2 Å². The van der Waals surface area contributed by atoms with E-state index in [0.29, 0.717) is 10.6 Å². The predicted octanol–water partition coefficient (Wildman–Crippen LogP) is 2.08. The van der Waals surface area contributed by atoms with Crippen molar-refractivity contribution in [3.63, 3.8) is 0 Å². The summed E-state index contributed by atoms with van der Waals surface area (Å²) >= 11 is 1.19. The Bertz CT molecular complexity index is 789. The molecule has 1 aromatic carbocycles. The van der Waals surface area contributed by atoms with Gasteiger partial charge in [0.1, 0.15) is 17.4 Å². The van der Waals surface area contributed by atoms with E-state index >= 15 is 0 Å². The van der Waals surface area contributed by atoms with Gasteiger partial charge in [-0.3, -0.25) is 4.79 Å². The molecule has 1 aliphatic heterocycles. The van der Waals surface area contributed by atoms with E-state index in [1.165, 1.54) is 28.8 Å². The van der Waals surface area contributed by atoms with Crippen LogP contribution in [0, 0.1) is 5.82 Å². The molecule has 2 heterocycles. The largest absolute Gasteiger partial charge is 0.451 e. The van der Waals surface area contributed by atoms with E-state index < -0.39 is 24.6 Å². The molecule has 1 aliphatic rings. The first-order chi connectivity index (χ1) is 11.5. The third-order valence-electron chi connectivity index (χ3n) is 3.19. The third-order valence-corrected chi connectivity index (χ3v) is 4.08. The second-order valence-corrected chi connectivity index (χ2v) is 5.64. The van der Waals surface area contributed by atoms with Gasteiger partial charge in [0.2, 0.25) is 0 Å². The molecular formula is C15H11FN2O5S. The number of ether oxygens (including phenoxy) is 2. The van der Waals surface area contributed by atoms with Gasteiger partial charge in [0, 0.05) is 10.9 Å². The third kappa shape index (κ3) is 3.40. The maximum atomic E-state index is 12.9. The highest BCUT2D eigenvalue weighted by Crippen LogP contribution is 2.24. The number of nitrogens with zero attached hydrogens (tertiary/aromatic N) is 2. The van der Waals surface area contributed by atoms with Gasteiger partial charge in [0.25, 0.3) is 5.91 Å². The molecule has 2 amide bonds. The average molecular weight is 350 g/mol. The standard InChI is InChI=1S/C15H11FN2O5S/c16-10-3-1-9(2-4-10)13-17-11(8-24-13)14(20)23-7-12(19)18-5-6-22-15(18)21/h1-4,8H,5-7H2. The average Bonchev–Trinajstić information content (AvgIpc) is 3.22. The highest BCUT2D eigenvalue weighted by atomic mass is 32.1. The van der Waals surface area contributed by atoms with Crippen LogP contribution < -0.4 is 0 Å². The van der Waals surface area contributed by atoms with Crippen molar-refractivity contribution in [2.24, 2.45) is 0 Å². The number of halogens is 1. The molecule has 1 aromatic heterocycles. The maximum absolute atomic E-state index is 12.9. The van der Waals surface area contributed by atoms with Gasteiger partial charge in [-0.1, -0.05) is 0 Å². The van der Waals surface area contributed by atoms with E-state index in [0.717, 1.165) is 4.90 Å². The molecule has 0 radical (unpaired) electrons. The van der Waals surface area contributed by atoms with Crippen LogP contribution >= 0.6 is 11.3 Å². The Labute approximate surface area is 139 Å². The van der Waals surface area contributed by atoms with E-state index in [4.69, 9.17) is 4.74 Å². The molecule has 1 fully saturated rings. The molecule has 3 rings (SSSR count). The smallest absolute Gasteiger partial charge is 0.416 e. The molecule has 24 heavy (non-hydrogen) atoms. The summed E-state index contributed by atoms with van der Waals surface area (Å²) in [6, 6.07) is 5.68. The normalized spacial score (nSPS) is 13.7. The van der Waals surface area contributed by atoms with Gasteiger partial charge in [-0.2, -0.15) is 0 Å². The van der Waals surface area contributed by atoms with Crippen LogP contribution in [-0.4, -0.2) is 47.6 Å². The van der Waals surface area contributed by atoms with Gasteiger partial charge >= 0.3 is 12.1 Å². The van der Waals surface area contributed by atoms with Gasteiger partial charge < -0.3 is 9.47 Å². The number of hydrogen-bond donors (Lipinski definition) is 0. The lowest BCUT2D eigenvalue weighted by atomic mass is 10.2. The number of amides is 2. The Morgan fingerprint density at radius 3 is 2.75 bits per heavy atom. The highest BCUT2D eigenvalue weighted by molar-refractivity contribution is 7.13. The topological polar surface area (TPSA) is 85.8 Å². The molecule has 7 nitrogen and oxygen atoms in total. The number of esters is 1. The van der Waals surface area contributed by atoms with E-state index in [2.05, 4.69) is 9.72 Å². The van der Waals surface area contributed by atoms with Crippen LogP contribution in [0.4, 0.5) is 9.18 Å². The minimum Gasteiger partial charge on any atom is -0.451 e. The summed E-state index contributed by atoms with van der Waals surface area (Å²) in [5.41, 5.74) is 0.701. The Morgan fingerprint density at radius 2 is 2.08 bits per heavy atom. The lowest BCUT2D eigenvalue weighted by Crippen LogP contribution is -2.35. The van der Waals surface area contributed by atoms with Crippen LogP contribution in [0.2, 0.25) is 0 Å². The minimum absolute atomic E-state index is 0.0381. The van der Waals surface area contributed by atoms with E-state index in [-0.39, 0.29) is 24.7 Å². The van der Waals surface area contributed by atoms with Crippen molar-refractivity contribution in [3.05, 3.63) is 41.2 Å². The second kappa shape index (κ2) is 6.75. The van der Waals surface area contributed by atoms with Crippen LogP contribution in [0.25, 0.3) is 10.6 Å². The Morgan fingerprint density at radius 1 is 1.33 bits per heavy atom. The molecule has 0 saturated carbocycles. The lowest BCUT2D eigenvalue weighted by molar-refractivity contribution is -0.131. The summed E-state index contributed by atoms with van der Waals surface area (Å²) in [5.74, 6) is -1.80. The fraction of sp³-hybridized carbons (Fsp3) is 0.200. The Balaban J connectivity index is 1.60. The number of cyclic esters (lactones) is 1. The van der Waals surface area contributed by atoms with Crippen LogP contribution in [0.1, 0.15) is 10.5 Å². The molecule has 124 valence electrons.